The van der Waals surface area contributed by atoms with Gasteiger partial charge in [0.1, 0.15) is 12.1 Å². The summed E-state index contributed by atoms with van der Waals surface area (Å²) in [5.74, 6) is 0.780. The Morgan fingerprint density at radius 1 is 1.16 bits per heavy atom. The van der Waals surface area contributed by atoms with Crippen LogP contribution in [0.25, 0.3) is 0 Å². The standard InChI is InChI=1S/C21H25N5O4S2/c1-2-30-18-8-10-19(11-9-18)32(28,29)26(14-17-6-4-3-5-7-17)15-20(27)22-12-13-31-21-23-16-24-25-21/h3-11,16H,2,12-15H2,1H3,(H,22,27)(H,23,24,25). The van der Waals surface area contributed by atoms with Gasteiger partial charge >= 0.3 is 0 Å². The number of carbonyl (C=O) groups excluding carboxylic acids is 1. The number of aromatic amines is 1. The molecule has 2 aromatic carbocycles. The summed E-state index contributed by atoms with van der Waals surface area (Å²) in [6, 6.07) is 15.4. The third kappa shape index (κ3) is 6.81. The van der Waals surface area contributed by atoms with Crippen LogP contribution in [-0.4, -0.2) is 59.3 Å². The Bertz CT molecular complexity index is 1080. The van der Waals surface area contributed by atoms with Crippen LogP contribution in [0.15, 0.2) is 71.0 Å². The lowest BCUT2D eigenvalue weighted by molar-refractivity contribution is -0.121. The summed E-state index contributed by atoms with van der Waals surface area (Å²) in [6.45, 7) is 2.50. The number of hydrogen-bond acceptors (Lipinski definition) is 7. The van der Waals surface area contributed by atoms with E-state index in [1.165, 1.54) is 34.5 Å². The van der Waals surface area contributed by atoms with Gasteiger partial charge < -0.3 is 10.1 Å². The van der Waals surface area contributed by atoms with Gasteiger partial charge in [0.05, 0.1) is 18.0 Å². The molecule has 1 heterocycles. The zero-order chi connectivity index (χ0) is 22.8. The zero-order valence-corrected chi connectivity index (χ0v) is 19.2. The first-order valence-electron chi connectivity index (χ1n) is 10.0. The first-order chi connectivity index (χ1) is 15.5. The molecule has 170 valence electrons. The second kappa shape index (κ2) is 11.7. The van der Waals surface area contributed by atoms with E-state index in [-0.39, 0.29) is 23.9 Å². The number of sulfonamides is 1. The van der Waals surface area contributed by atoms with Gasteiger partial charge in [-0.2, -0.15) is 9.40 Å². The maximum Gasteiger partial charge on any atom is 0.243 e. The number of benzene rings is 2. The molecular formula is C21H25N5O4S2. The van der Waals surface area contributed by atoms with Crippen LogP contribution in [0.1, 0.15) is 12.5 Å². The molecule has 0 spiro atoms. The number of nitrogens with zero attached hydrogens (tertiary/aromatic N) is 3. The highest BCUT2D eigenvalue weighted by Crippen LogP contribution is 2.21. The van der Waals surface area contributed by atoms with Crippen molar-refractivity contribution in [2.75, 3.05) is 25.4 Å². The van der Waals surface area contributed by atoms with E-state index in [2.05, 4.69) is 20.5 Å². The van der Waals surface area contributed by atoms with Gasteiger partial charge in [0.15, 0.2) is 5.16 Å². The molecule has 0 aliphatic heterocycles. The Kier molecular flexibility index (Phi) is 8.65. The number of ether oxygens (including phenoxy) is 1. The Morgan fingerprint density at radius 2 is 1.91 bits per heavy atom. The molecule has 0 aliphatic carbocycles. The minimum atomic E-state index is -3.90. The number of amides is 1. The topological polar surface area (TPSA) is 117 Å². The lowest BCUT2D eigenvalue weighted by atomic mass is 10.2. The first kappa shape index (κ1) is 23.8. The molecule has 1 amide bonds. The van der Waals surface area contributed by atoms with Crippen LogP contribution in [0.2, 0.25) is 0 Å². The van der Waals surface area contributed by atoms with Crippen molar-refractivity contribution in [3.05, 3.63) is 66.5 Å². The van der Waals surface area contributed by atoms with Gasteiger partial charge in [-0.15, -0.1) is 0 Å². The average molecular weight is 476 g/mol. The minimum Gasteiger partial charge on any atom is -0.494 e. The molecule has 0 atom stereocenters. The van der Waals surface area contributed by atoms with Crippen molar-refractivity contribution in [1.29, 1.82) is 0 Å². The molecule has 9 nitrogen and oxygen atoms in total. The van der Waals surface area contributed by atoms with E-state index in [9.17, 15) is 13.2 Å². The van der Waals surface area contributed by atoms with Crippen LogP contribution in [0, 0.1) is 0 Å². The van der Waals surface area contributed by atoms with Crippen LogP contribution in [0.3, 0.4) is 0 Å². The number of H-pyrrole nitrogens is 1. The van der Waals surface area contributed by atoms with Crippen molar-refractivity contribution in [3.63, 3.8) is 0 Å². The molecule has 0 unspecified atom stereocenters. The lowest BCUT2D eigenvalue weighted by Gasteiger charge is -2.22. The number of thioether (sulfide) groups is 1. The second-order valence-corrected chi connectivity index (χ2v) is 9.67. The van der Waals surface area contributed by atoms with Crippen molar-refractivity contribution in [3.8, 4) is 5.75 Å². The fourth-order valence-corrected chi connectivity index (χ4v) is 4.88. The molecule has 3 aromatic rings. The summed E-state index contributed by atoms with van der Waals surface area (Å²) < 4.78 is 33.2. The molecular weight excluding hydrogens is 450 g/mol. The van der Waals surface area contributed by atoms with Crippen LogP contribution in [-0.2, 0) is 21.4 Å². The Balaban J connectivity index is 1.68. The maximum absolute atomic E-state index is 13.3. The third-order valence-electron chi connectivity index (χ3n) is 4.35. The molecule has 0 saturated carbocycles. The van der Waals surface area contributed by atoms with Crippen molar-refractivity contribution >= 4 is 27.7 Å². The monoisotopic (exact) mass is 475 g/mol. The van der Waals surface area contributed by atoms with Crippen molar-refractivity contribution in [2.45, 2.75) is 23.5 Å². The molecule has 0 saturated heterocycles. The van der Waals surface area contributed by atoms with Gasteiger partial charge in [-0.25, -0.2) is 13.4 Å². The minimum absolute atomic E-state index is 0.0800. The van der Waals surface area contributed by atoms with E-state index >= 15 is 0 Å². The van der Waals surface area contributed by atoms with E-state index in [1.807, 2.05) is 37.3 Å². The number of aromatic nitrogens is 3. The Hall–Kier alpha value is -2.89. The molecule has 0 bridgehead atoms. The average Bonchev–Trinajstić information content (AvgIpc) is 3.31. The van der Waals surface area contributed by atoms with E-state index < -0.39 is 10.0 Å². The third-order valence-corrected chi connectivity index (χ3v) is 7.03. The predicted octanol–water partition coefficient (Wildman–Crippen LogP) is 2.30. The van der Waals surface area contributed by atoms with Gasteiger partial charge in [-0.3, -0.25) is 9.89 Å². The van der Waals surface area contributed by atoms with Crippen molar-refractivity contribution in [1.82, 2.24) is 24.8 Å². The predicted molar refractivity (Wildman–Crippen MR) is 122 cm³/mol. The molecule has 1 aromatic heterocycles. The highest BCUT2D eigenvalue weighted by molar-refractivity contribution is 7.99. The van der Waals surface area contributed by atoms with Gasteiger partial charge in [0.2, 0.25) is 15.9 Å². The first-order valence-corrected chi connectivity index (χ1v) is 12.4. The molecule has 3 rings (SSSR count). The number of nitrogens with one attached hydrogen (secondary N) is 2. The number of carbonyl (C=O) groups is 1. The van der Waals surface area contributed by atoms with Crippen LogP contribution < -0.4 is 10.1 Å². The molecule has 2 N–H and O–H groups in total. The molecule has 11 heteroatoms. The summed E-state index contributed by atoms with van der Waals surface area (Å²) >= 11 is 1.41. The molecule has 0 radical (unpaired) electrons. The number of rotatable bonds is 12. The van der Waals surface area contributed by atoms with Gasteiger partial charge in [0.25, 0.3) is 0 Å². The largest absolute Gasteiger partial charge is 0.494 e. The maximum atomic E-state index is 13.3. The number of hydrogen-bond donors (Lipinski definition) is 2. The smallest absolute Gasteiger partial charge is 0.243 e. The summed E-state index contributed by atoms with van der Waals surface area (Å²) in [5, 5.41) is 9.91. The zero-order valence-electron chi connectivity index (χ0n) is 17.6. The van der Waals surface area contributed by atoms with E-state index in [0.29, 0.717) is 29.8 Å². The van der Waals surface area contributed by atoms with Crippen LogP contribution in [0.5, 0.6) is 5.75 Å². The van der Waals surface area contributed by atoms with Gasteiger partial charge in [0, 0.05) is 18.8 Å². The summed E-state index contributed by atoms with van der Waals surface area (Å²) in [5.41, 5.74) is 0.788. The normalized spacial score (nSPS) is 11.4. The molecule has 32 heavy (non-hydrogen) atoms. The van der Waals surface area contributed by atoms with Crippen LogP contribution >= 0.6 is 11.8 Å². The van der Waals surface area contributed by atoms with E-state index in [4.69, 9.17) is 4.74 Å². The molecule has 0 aliphatic rings. The Labute approximate surface area is 191 Å². The van der Waals surface area contributed by atoms with Crippen molar-refractivity contribution in [2.24, 2.45) is 0 Å². The van der Waals surface area contributed by atoms with E-state index in [1.54, 1.807) is 12.1 Å². The van der Waals surface area contributed by atoms with E-state index in [0.717, 1.165) is 5.56 Å². The van der Waals surface area contributed by atoms with Crippen LogP contribution in [0.4, 0.5) is 0 Å². The molecule has 0 fully saturated rings. The Morgan fingerprint density at radius 3 is 2.56 bits per heavy atom. The summed E-state index contributed by atoms with van der Waals surface area (Å²) in [7, 11) is -3.90. The lowest BCUT2D eigenvalue weighted by Crippen LogP contribution is -2.40. The fourth-order valence-electron chi connectivity index (χ4n) is 2.85. The second-order valence-electron chi connectivity index (χ2n) is 6.65. The quantitative estimate of drug-likeness (QED) is 0.305. The van der Waals surface area contributed by atoms with Gasteiger partial charge in [-0.1, -0.05) is 42.1 Å². The summed E-state index contributed by atoms with van der Waals surface area (Å²) in [6.07, 6.45) is 1.41. The van der Waals surface area contributed by atoms with Crippen molar-refractivity contribution < 1.29 is 17.9 Å². The summed E-state index contributed by atoms with van der Waals surface area (Å²) in [4.78, 5) is 16.6. The highest BCUT2D eigenvalue weighted by Gasteiger charge is 2.27. The van der Waals surface area contributed by atoms with Gasteiger partial charge in [-0.05, 0) is 36.8 Å². The fraction of sp³-hybridized carbons (Fsp3) is 0.286. The SMILES string of the molecule is CCOc1ccc(S(=O)(=O)N(CC(=O)NCCSc2ncn[nH]2)Cc2ccccc2)cc1. The highest BCUT2D eigenvalue weighted by atomic mass is 32.2.